The number of hydrogen-bond acceptors (Lipinski definition) is 5. The van der Waals surface area contributed by atoms with E-state index in [1.807, 2.05) is 54.8 Å². The number of nitrogens with zero attached hydrogens (tertiary/aromatic N) is 2. The first-order valence-corrected chi connectivity index (χ1v) is 11.7. The standard InChI is InChI=1S/C27H26N4O2S/c1-4-22(30-23-8-6-5-7-17(23)2)21-14-25(34-15-21)26(31-27(28)29-16-32)18(3)19-9-10-24-20(13-19)11-12-33-24/h4-16,18,26H,1H2,2-3H3,(H3,28,29,31,32). The molecule has 0 aliphatic rings. The van der Waals surface area contributed by atoms with E-state index in [9.17, 15) is 4.79 Å². The van der Waals surface area contributed by atoms with Crippen molar-refractivity contribution in [1.29, 1.82) is 0 Å². The largest absolute Gasteiger partial charge is 0.464 e. The number of nitrogens with two attached hydrogens (primary N) is 1. The summed E-state index contributed by atoms with van der Waals surface area (Å²) in [5.74, 6) is 0.0574. The number of amides is 1. The highest BCUT2D eigenvalue weighted by atomic mass is 32.1. The van der Waals surface area contributed by atoms with Crippen LogP contribution in [0.25, 0.3) is 11.0 Å². The van der Waals surface area contributed by atoms with Crippen LogP contribution in [-0.4, -0.2) is 18.1 Å². The number of benzene rings is 2. The molecule has 2 aromatic carbocycles. The number of thiophene rings is 1. The zero-order chi connectivity index (χ0) is 24.1. The van der Waals surface area contributed by atoms with Crippen LogP contribution in [-0.2, 0) is 4.79 Å². The number of furan rings is 1. The molecule has 0 bridgehead atoms. The summed E-state index contributed by atoms with van der Waals surface area (Å²) in [5, 5.41) is 5.53. The van der Waals surface area contributed by atoms with Crippen molar-refractivity contribution < 1.29 is 9.21 Å². The van der Waals surface area contributed by atoms with Crippen LogP contribution in [0.3, 0.4) is 0 Å². The average molecular weight is 471 g/mol. The van der Waals surface area contributed by atoms with Gasteiger partial charge < -0.3 is 10.2 Å². The van der Waals surface area contributed by atoms with Crippen LogP contribution in [0, 0.1) is 6.92 Å². The first kappa shape index (κ1) is 23.2. The maximum Gasteiger partial charge on any atom is 0.213 e. The average Bonchev–Trinajstić information content (AvgIpc) is 3.51. The molecule has 2 aromatic heterocycles. The van der Waals surface area contributed by atoms with Gasteiger partial charge in [0.05, 0.1) is 23.7 Å². The molecule has 3 N–H and O–H groups in total. The molecular weight excluding hydrogens is 444 g/mol. The summed E-state index contributed by atoms with van der Waals surface area (Å²) in [4.78, 5) is 21.4. The number of guanidine groups is 1. The number of aryl methyl sites for hydroxylation is 1. The monoisotopic (exact) mass is 470 g/mol. The summed E-state index contributed by atoms with van der Waals surface area (Å²) in [6, 6.07) is 17.8. The van der Waals surface area contributed by atoms with E-state index < -0.39 is 0 Å². The number of hydrogen-bond donors (Lipinski definition) is 2. The van der Waals surface area contributed by atoms with Crippen LogP contribution in [0.1, 0.15) is 40.5 Å². The number of carbonyl (C=O) groups excluding carboxylic acids is 1. The summed E-state index contributed by atoms with van der Waals surface area (Å²) in [7, 11) is 0. The highest BCUT2D eigenvalue weighted by Gasteiger charge is 2.24. The Morgan fingerprint density at radius 3 is 2.79 bits per heavy atom. The molecule has 2 atom stereocenters. The van der Waals surface area contributed by atoms with Gasteiger partial charge in [-0.25, -0.2) is 9.98 Å². The first-order valence-electron chi connectivity index (χ1n) is 10.9. The van der Waals surface area contributed by atoms with Crippen LogP contribution in [0.5, 0.6) is 0 Å². The fourth-order valence-corrected chi connectivity index (χ4v) is 4.85. The zero-order valence-corrected chi connectivity index (χ0v) is 19.9. The molecule has 0 aliphatic heterocycles. The van der Waals surface area contributed by atoms with Gasteiger partial charge in [0.2, 0.25) is 6.41 Å². The van der Waals surface area contributed by atoms with Crippen molar-refractivity contribution in [3.63, 3.8) is 0 Å². The Morgan fingerprint density at radius 1 is 1.21 bits per heavy atom. The SMILES string of the molecule is C=CC(=Nc1ccccc1C)c1csc(C(N=C(N)NC=O)C(C)c2ccc3occc3c2)c1. The molecule has 0 saturated heterocycles. The highest BCUT2D eigenvalue weighted by molar-refractivity contribution is 7.10. The van der Waals surface area contributed by atoms with E-state index in [1.54, 1.807) is 23.7 Å². The quantitative estimate of drug-likeness (QED) is 0.187. The Kier molecular flexibility index (Phi) is 7.04. The van der Waals surface area contributed by atoms with E-state index >= 15 is 0 Å². The topological polar surface area (TPSA) is 93.0 Å². The Labute approximate surface area is 202 Å². The van der Waals surface area contributed by atoms with Crippen molar-refractivity contribution in [2.24, 2.45) is 15.7 Å². The van der Waals surface area contributed by atoms with Gasteiger partial charge in [0.25, 0.3) is 0 Å². The molecule has 0 radical (unpaired) electrons. The van der Waals surface area contributed by atoms with Gasteiger partial charge in [0, 0.05) is 27.1 Å². The van der Waals surface area contributed by atoms with Crippen LogP contribution >= 0.6 is 11.3 Å². The van der Waals surface area contributed by atoms with Gasteiger partial charge in [-0.1, -0.05) is 37.8 Å². The Bertz CT molecular complexity index is 1380. The van der Waals surface area contributed by atoms with Gasteiger partial charge in [-0.3, -0.25) is 10.1 Å². The zero-order valence-electron chi connectivity index (χ0n) is 19.1. The van der Waals surface area contributed by atoms with Crippen molar-refractivity contribution >= 4 is 46.1 Å². The molecule has 172 valence electrons. The predicted molar refractivity (Wildman–Crippen MR) is 140 cm³/mol. The molecule has 4 aromatic rings. The van der Waals surface area contributed by atoms with Gasteiger partial charge in [0.15, 0.2) is 5.96 Å². The fourth-order valence-electron chi connectivity index (χ4n) is 3.81. The minimum atomic E-state index is -0.305. The summed E-state index contributed by atoms with van der Waals surface area (Å²) in [6.45, 7) is 8.09. The number of nitrogens with one attached hydrogen (secondary N) is 1. The molecular formula is C27H26N4O2S. The summed E-state index contributed by atoms with van der Waals surface area (Å²) in [6.07, 6.45) is 3.97. The molecule has 0 spiro atoms. The number of para-hydroxylation sites is 1. The molecule has 4 rings (SSSR count). The molecule has 6 nitrogen and oxygen atoms in total. The van der Waals surface area contributed by atoms with Crippen LogP contribution in [0.15, 0.2) is 93.3 Å². The second kappa shape index (κ2) is 10.3. The van der Waals surface area contributed by atoms with Crippen molar-refractivity contribution in [3.8, 4) is 0 Å². The third kappa shape index (κ3) is 5.00. The normalized spacial score (nSPS) is 14.1. The fraction of sp³-hybridized carbons (Fsp3) is 0.148. The Hall–Kier alpha value is -3.97. The van der Waals surface area contributed by atoms with E-state index in [0.717, 1.165) is 43.9 Å². The minimum absolute atomic E-state index is 0.0155. The number of rotatable bonds is 8. The number of aliphatic imine (C=N–C) groups is 2. The van der Waals surface area contributed by atoms with E-state index in [1.165, 1.54) is 0 Å². The lowest BCUT2D eigenvalue weighted by molar-refractivity contribution is -0.108. The van der Waals surface area contributed by atoms with E-state index in [-0.39, 0.29) is 17.9 Å². The Morgan fingerprint density at radius 2 is 2.03 bits per heavy atom. The van der Waals surface area contributed by atoms with Crippen molar-refractivity contribution in [1.82, 2.24) is 5.32 Å². The Balaban J connectivity index is 1.72. The number of carbonyl (C=O) groups is 1. The van der Waals surface area contributed by atoms with Crippen molar-refractivity contribution in [2.45, 2.75) is 25.8 Å². The lowest BCUT2D eigenvalue weighted by atomic mass is 9.91. The smallest absolute Gasteiger partial charge is 0.213 e. The van der Waals surface area contributed by atoms with Gasteiger partial charge in [-0.2, -0.15) is 0 Å². The molecule has 2 heterocycles. The van der Waals surface area contributed by atoms with Gasteiger partial charge >= 0.3 is 0 Å². The molecule has 0 fully saturated rings. The van der Waals surface area contributed by atoms with Crippen LogP contribution in [0.4, 0.5) is 5.69 Å². The van der Waals surface area contributed by atoms with Gasteiger partial charge in [-0.05, 0) is 54.5 Å². The summed E-state index contributed by atoms with van der Waals surface area (Å²) < 4.78 is 5.48. The predicted octanol–water partition coefficient (Wildman–Crippen LogP) is 6.02. The van der Waals surface area contributed by atoms with E-state index in [0.29, 0.717) is 6.41 Å². The molecule has 34 heavy (non-hydrogen) atoms. The van der Waals surface area contributed by atoms with Gasteiger partial charge in [-0.15, -0.1) is 11.3 Å². The molecule has 7 heteroatoms. The lowest BCUT2D eigenvalue weighted by Crippen LogP contribution is -2.31. The number of allylic oxidation sites excluding steroid dienone is 1. The minimum Gasteiger partial charge on any atom is -0.464 e. The first-order chi connectivity index (χ1) is 16.5. The molecule has 2 unspecified atom stereocenters. The third-order valence-corrected chi connectivity index (χ3v) is 6.72. The van der Waals surface area contributed by atoms with E-state index in [2.05, 4.69) is 35.9 Å². The summed E-state index contributed by atoms with van der Waals surface area (Å²) >= 11 is 1.58. The second-order valence-electron chi connectivity index (χ2n) is 7.95. The maximum absolute atomic E-state index is 10.9. The van der Waals surface area contributed by atoms with Crippen LogP contribution < -0.4 is 11.1 Å². The van der Waals surface area contributed by atoms with Gasteiger partial charge in [0.1, 0.15) is 5.58 Å². The van der Waals surface area contributed by atoms with Crippen LogP contribution in [0.2, 0.25) is 0 Å². The molecule has 0 aliphatic carbocycles. The highest BCUT2D eigenvalue weighted by Crippen LogP contribution is 2.38. The molecule has 1 amide bonds. The lowest BCUT2D eigenvalue weighted by Gasteiger charge is -2.20. The maximum atomic E-state index is 10.9. The van der Waals surface area contributed by atoms with Crippen molar-refractivity contribution in [3.05, 3.63) is 100 Å². The van der Waals surface area contributed by atoms with E-state index in [4.69, 9.17) is 15.1 Å². The second-order valence-corrected chi connectivity index (χ2v) is 8.90. The molecule has 0 saturated carbocycles. The summed E-state index contributed by atoms with van der Waals surface area (Å²) in [5.41, 5.74) is 11.6. The number of fused-ring (bicyclic) bond motifs is 1. The third-order valence-electron chi connectivity index (χ3n) is 5.72. The van der Waals surface area contributed by atoms with Crippen molar-refractivity contribution in [2.75, 3.05) is 0 Å².